The van der Waals surface area contributed by atoms with E-state index in [4.69, 9.17) is 23.7 Å². The second-order valence-corrected chi connectivity index (χ2v) is 9.07. The summed E-state index contributed by atoms with van der Waals surface area (Å²) >= 11 is 0. The Morgan fingerprint density at radius 3 is 1.68 bits per heavy atom. The fourth-order valence-corrected chi connectivity index (χ4v) is 4.43. The van der Waals surface area contributed by atoms with Crippen LogP contribution in [0.2, 0.25) is 0 Å². The summed E-state index contributed by atoms with van der Waals surface area (Å²) in [5, 5.41) is 103. The highest BCUT2D eigenvalue weighted by molar-refractivity contribution is 5.73. The van der Waals surface area contributed by atoms with E-state index in [1.807, 2.05) is 0 Å². The third-order valence-corrected chi connectivity index (χ3v) is 6.50. The highest BCUT2D eigenvalue weighted by Gasteiger charge is 2.54. The molecule has 3 aliphatic rings. The molecule has 0 bridgehead atoms. The van der Waals surface area contributed by atoms with E-state index in [0.29, 0.717) is 0 Å². The van der Waals surface area contributed by atoms with E-state index in [-0.39, 0.29) is 0 Å². The summed E-state index contributed by atoms with van der Waals surface area (Å²) in [7, 11) is 0. The predicted octanol–water partition coefficient (Wildman–Crippen LogP) is -7.43. The molecule has 37 heavy (non-hydrogen) atoms. The zero-order valence-electron chi connectivity index (χ0n) is 19.7. The summed E-state index contributed by atoms with van der Waals surface area (Å²) in [6.07, 6.45) is -23.6. The zero-order valence-corrected chi connectivity index (χ0v) is 19.7. The number of hydrogen-bond acceptors (Lipinski definition) is 16. The average Bonchev–Trinajstić information content (AvgIpc) is 2.86. The van der Waals surface area contributed by atoms with Crippen LogP contribution in [0.1, 0.15) is 6.92 Å². The summed E-state index contributed by atoms with van der Waals surface area (Å²) in [6.45, 7) is -1.24. The fraction of sp³-hybridized carbons (Fsp3) is 0.950. The second-order valence-electron chi connectivity index (χ2n) is 9.07. The van der Waals surface area contributed by atoms with Crippen LogP contribution >= 0.6 is 0 Å². The van der Waals surface area contributed by atoms with Crippen LogP contribution < -0.4 is 5.32 Å². The molecule has 0 radical (unpaired) electrons. The number of rotatable bonds is 8. The Morgan fingerprint density at radius 2 is 1.14 bits per heavy atom. The molecule has 3 fully saturated rings. The summed E-state index contributed by atoms with van der Waals surface area (Å²) in [5.41, 5.74) is 0. The molecule has 0 aromatic carbocycles. The van der Waals surface area contributed by atoms with Crippen LogP contribution in [0.15, 0.2) is 0 Å². The average molecular weight is 545 g/mol. The Kier molecular flexibility index (Phi) is 10.5. The Labute approximate surface area is 210 Å². The van der Waals surface area contributed by atoms with Gasteiger partial charge in [0.2, 0.25) is 5.91 Å². The molecule has 3 aliphatic heterocycles. The van der Waals surface area contributed by atoms with Gasteiger partial charge in [-0.1, -0.05) is 0 Å². The number of ether oxygens (including phenoxy) is 5. The maximum Gasteiger partial charge on any atom is 0.217 e. The third-order valence-electron chi connectivity index (χ3n) is 6.50. The van der Waals surface area contributed by atoms with Crippen LogP contribution in [-0.2, 0) is 28.5 Å². The lowest BCUT2D eigenvalue weighted by Gasteiger charge is -2.48. The van der Waals surface area contributed by atoms with E-state index >= 15 is 0 Å². The molecule has 3 heterocycles. The molecule has 11 N–H and O–H groups in total. The van der Waals surface area contributed by atoms with Crippen LogP contribution in [0.3, 0.4) is 0 Å². The van der Waals surface area contributed by atoms with Gasteiger partial charge >= 0.3 is 0 Å². The zero-order chi connectivity index (χ0) is 27.6. The monoisotopic (exact) mass is 545 g/mol. The van der Waals surface area contributed by atoms with Crippen molar-refractivity contribution in [3.63, 3.8) is 0 Å². The second kappa shape index (κ2) is 12.8. The topological polar surface area (TPSA) is 278 Å². The van der Waals surface area contributed by atoms with Crippen molar-refractivity contribution in [3.8, 4) is 0 Å². The van der Waals surface area contributed by atoms with Gasteiger partial charge in [0.25, 0.3) is 0 Å². The first-order valence-electron chi connectivity index (χ1n) is 11.6. The molecular formula is C20H35NO16. The molecule has 0 spiro atoms. The molecule has 0 aromatic heterocycles. The van der Waals surface area contributed by atoms with Gasteiger partial charge in [0, 0.05) is 6.92 Å². The minimum absolute atomic E-state index is 0.661. The van der Waals surface area contributed by atoms with Gasteiger partial charge in [0.1, 0.15) is 73.2 Å². The van der Waals surface area contributed by atoms with Crippen molar-refractivity contribution in [2.45, 2.75) is 99.0 Å². The lowest BCUT2D eigenvalue weighted by Crippen LogP contribution is -2.68. The molecule has 1 amide bonds. The molecule has 0 unspecified atom stereocenters. The van der Waals surface area contributed by atoms with E-state index in [1.54, 1.807) is 0 Å². The van der Waals surface area contributed by atoms with Crippen molar-refractivity contribution in [1.29, 1.82) is 0 Å². The number of nitrogens with one attached hydrogen (secondary N) is 1. The molecule has 3 rings (SSSR count). The van der Waals surface area contributed by atoms with E-state index in [0.717, 1.165) is 6.92 Å². The smallest absolute Gasteiger partial charge is 0.217 e. The maximum absolute atomic E-state index is 11.7. The largest absolute Gasteiger partial charge is 0.394 e. The van der Waals surface area contributed by atoms with E-state index in [2.05, 4.69) is 5.32 Å². The number of aliphatic hydroxyl groups excluding tert-OH is 10. The molecule has 0 aromatic rings. The van der Waals surface area contributed by atoms with Crippen LogP contribution in [0, 0.1) is 0 Å². The van der Waals surface area contributed by atoms with Gasteiger partial charge in [0.15, 0.2) is 18.9 Å². The number of carbonyl (C=O) groups excluding carboxylic acids is 1. The molecule has 0 saturated carbocycles. The summed E-state index contributed by atoms with van der Waals surface area (Å²) in [5.74, 6) is -0.661. The standard InChI is InChI=1S/C20H35NO16/c1-5(25)21-9-13(29)10(26)6(2-22)34-19(9)36-16-12(28)8(4-24)33-18(32)17(16)37-20-15(31)14(30)11(27)7(3-23)35-20/h6-20,22-24,26-32H,2-4H2,1H3,(H,21,25)/t6-,7-,8-,9-,10+,11-,12+,13-,14+,15-,16+,17-,18+,19-,20-/m1/s1. The molecule has 17 nitrogen and oxygen atoms in total. The third kappa shape index (κ3) is 6.38. The normalized spacial score (nSPS) is 49.0. The van der Waals surface area contributed by atoms with Crippen LogP contribution in [0.5, 0.6) is 0 Å². The lowest BCUT2D eigenvalue weighted by atomic mass is 9.95. The first-order chi connectivity index (χ1) is 17.4. The lowest BCUT2D eigenvalue weighted by molar-refractivity contribution is -0.382. The van der Waals surface area contributed by atoms with E-state index < -0.39 is 118 Å². The Bertz CT molecular complexity index is 745. The highest BCUT2D eigenvalue weighted by Crippen LogP contribution is 2.32. The molecule has 17 heteroatoms. The molecule has 216 valence electrons. The van der Waals surface area contributed by atoms with Crippen LogP contribution in [-0.4, -0.2) is 169 Å². The molecule has 0 aliphatic carbocycles. The van der Waals surface area contributed by atoms with Gasteiger partial charge in [0.05, 0.1) is 19.8 Å². The fourth-order valence-electron chi connectivity index (χ4n) is 4.43. The van der Waals surface area contributed by atoms with Crippen molar-refractivity contribution < 1.29 is 79.5 Å². The first-order valence-corrected chi connectivity index (χ1v) is 11.6. The van der Waals surface area contributed by atoms with Gasteiger partial charge in [-0.2, -0.15) is 0 Å². The van der Waals surface area contributed by atoms with Gasteiger partial charge in [-0.05, 0) is 0 Å². The number of aliphatic hydroxyl groups is 10. The van der Waals surface area contributed by atoms with Gasteiger partial charge in [-0.3, -0.25) is 4.79 Å². The van der Waals surface area contributed by atoms with Gasteiger partial charge in [-0.15, -0.1) is 0 Å². The summed E-state index contributed by atoms with van der Waals surface area (Å²) < 4.78 is 27.2. The Balaban J connectivity index is 1.89. The maximum atomic E-state index is 11.7. The highest BCUT2D eigenvalue weighted by atomic mass is 16.8. The van der Waals surface area contributed by atoms with Crippen LogP contribution in [0.4, 0.5) is 0 Å². The summed E-state index contributed by atoms with van der Waals surface area (Å²) in [4.78, 5) is 11.7. The molecule has 15 atom stereocenters. The molecule has 3 saturated heterocycles. The number of carbonyl (C=O) groups is 1. The van der Waals surface area contributed by atoms with Crippen molar-refractivity contribution >= 4 is 5.91 Å². The SMILES string of the molecule is CC(=O)N[C@H]1[C@@H](O[C@H]2[C@@H](O)[C@@H](CO)O[C@H](O)[C@@H]2O[C@H]2O[C@H](CO)[C@@H](O)[C@H](O)[C@H]2O)O[C@H](CO)[C@H](O)[C@@H]1O. The minimum Gasteiger partial charge on any atom is -0.394 e. The van der Waals surface area contributed by atoms with Crippen molar-refractivity contribution in [2.24, 2.45) is 0 Å². The van der Waals surface area contributed by atoms with Crippen molar-refractivity contribution in [3.05, 3.63) is 0 Å². The molecular weight excluding hydrogens is 510 g/mol. The van der Waals surface area contributed by atoms with Crippen LogP contribution in [0.25, 0.3) is 0 Å². The minimum atomic E-state index is -1.95. The summed E-state index contributed by atoms with van der Waals surface area (Å²) in [6, 6.07) is -1.44. The number of amides is 1. The van der Waals surface area contributed by atoms with E-state index in [1.165, 1.54) is 0 Å². The Morgan fingerprint density at radius 1 is 0.649 bits per heavy atom. The van der Waals surface area contributed by atoms with Gasteiger partial charge in [-0.25, -0.2) is 0 Å². The quantitative estimate of drug-likeness (QED) is 0.135. The van der Waals surface area contributed by atoms with Gasteiger partial charge < -0.3 is 80.1 Å². The van der Waals surface area contributed by atoms with E-state index in [9.17, 15) is 55.9 Å². The van der Waals surface area contributed by atoms with Crippen molar-refractivity contribution in [1.82, 2.24) is 5.32 Å². The number of hydrogen-bond donors (Lipinski definition) is 11. The first kappa shape index (κ1) is 30.4. The van der Waals surface area contributed by atoms with Crippen molar-refractivity contribution in [2.75, 3.05) is 19.8 Å². The predicted molar refractivity (Wildman–Crippen MR) is 113 cm³/mol. The Hall–Kier alpha value is -1.13.